The fraction of sp³-hybridized carbons (Fsp3) is 0.357. The topological polar surface area (TPSA) is 9.72 Å². The Bertz CT molecular complexity index is 4700. The summed E-state index contributed by atoms with van der Waals surface area (Å²) in [6.45, 7) is 35.3. The number of rotatable bonds is 4. The summed E-state index contributed by atoms with van der Waals surface area (Å²) in [6, 6.07) is 68.5. The molecule has 1 aromatic heterocycles. The van der Waals surface area contributed by atoms with Gasteiger partial charge in [0.05, 0.1) is 5.54 Å². The Kier molecular flexibility index (Phi) is 11.4. The minimum atomic E-state index is -0.256. The van der Waals surface area contributed by atoms with Crippen LogP contribution in [0.5, 0.6) is 0 Å². The Morgan fingerprint density at radius 1 is 0.337 bits per heavy atom. The highest BCUT2D eigenvalue weighted by atomic mass is 32.1. The maximum Gasteiger partial charge on any atom is 0.252 e. The third kappa shape index (κ3) is 7.52. The van der Waals surface area contributed by atoms with Gasteiger partial charge in [0.15, 0.2) is 0 Å². The first-order chi connectivity index (χ1) is 42.3. The lowest BCUT2D eigenvalue weighted by molar-refractivity contribution is 0.195. The lowest BCUT2D eigenvalue weighted by Gasteiger charge is -2.52. The zero-order chi connectivity index (χ0) is 61.5. The van der Waals surface area contributed by atoms with Gasteiger partial charge >= 0.3 is 0 Å². The molecule has 0 bridgehead atoms. The molecule has 9 aromatic carbocycles. The molecular weight excluding hydrogens is 1090 g/mol. The van der Waals surface area contributed by atoms with Crippen molar-refractivity contribution in [3.05, 3.63) is 220 Å². The monoisotopic (exact) mass is 1180 g/mol. The largest absolute Gasteiger partial charge is 0.334 e. The van der Waals surface area contributed by atoms with Gasteiger partial charge in [-0.15, -0.1) is 11.3 Å². The van der Waals surface area contributed by atoms with Crippen molar-refractivity contribution in [3.63, 3.8) is 0 Å². The van der Waals surface area contributed by atoms with E-state index in [0.29, 0.717) is 0 Å². The third-order valence-corrected chi connectivity index (χ3v) is 26.1. The van der Waals surface area contributed by atoms with Crippen LogP contribution >= 0.6 is 11.3 Å². The molecular formula is C84H86BN3S. The van der Waals surface area contributed by atoms with Gasteiger partial charge in [-0.3, -0.25) is 0 Å². The first-order valence-electron chi connectivity index (χ1n) is 33.7. The fourth-order valence-corrected chi connectivity index (χ4v) is 20.3. The van der Waals surface area contributed by atoms with Crippen LogP contribution < -0.4 is 31.1 Å². The molecule has 89 heavy (non-hydrogen) atoms. The van der Waals surface area contributed by atoms with Crippen molar-refractivity contribution < 1.29 is 0 Å². The number of nitrogens with zero attached hydrogens (tertiary/aromatic N) is 3. The van der Waals surface area contributed by atoms with Crippen LogP contribution in [-0.4, -0.2) is 12.3 Å². The van der Waals surface area contributed by atoms with Crippen molar-refractivity contribution in [3.8, 4) is 11.1 Å². The molecule has 3 aliphatic heterocycles. The number of anilines is 8. The zero-order valence-corrected chi connectivity index (χ0v) is 56.0. The molecule has 4 heterocycles. The Balaban J connectivity index is 1.03. The highest BCUT2D eigenvalue weighted by molar-refractivity contribution is 7.25. The SMILES string of the molecule is CC1(C)CCC(C)(C)c2cc(N3c4cc5c(cc4B4c6cc7c(cc6N(c6ccc8c(c6)sc6ccccc68)c6cc(N8c9ccc(-c%10ccccc%10)cc9C9(C)CCCCC89C)cc3c64)C(C)(C)c3ccccc3C7(C)C)C(C)(C)CCC5(C)C)ccc21. The van der Waals surface area contributed by atoms with E-state index < -0.39 is 0 Å². The van der Waals surface area contributed by atoms with E-state index in [2.05, 4.69) is 281 Å². The van der Waals surface area contributed by atoms with E-state index in [9.17, 15) is 0 Å². The van der Waals surface area contributed by atoms with Crippen molar-refractivity contribution in [2.45, 2.75) is 192 Å². The molecule has 10 aromatic rings. The van der Waals surface area contributed by atoms with E-state index in [4.69, 9.17) is 0 Å². The number of thiophene rings is 1. The average Bonchev–Trinajstić information content (AvgIpc) is 1.61. The Hall–Kier alpha value is -7.34. The molecule has 1 fully saturated rings. The van der Waals surface area contributed by atoms with Crippen molar-refractivity contribution in [2.75, 3.05) is 14.7 Å². The summed E-state index contributed by atoms with van der Waals surface area (Å²) < 4.78 is 2.65. The van der Waals surface area contributed by atoms with Crippen LogP contribution in [0, 0.1) is 0 Å². The molecule has 7 aliphatic rings. The highest BCUT2D eigenvalue weighted by Crippen LogP contribution is 2.63. The van der Waals surface area contributed by atoms with Crippen LogP contribution in [0.3, 0.4) is 0 Å². The molecule has 5 heteroatoms. The van der Waals surface area contributed by atoms with E-state index in [0.717, 1.165) is 32.1 Å². The minimum absolute atomic E-state index is 0.000509. The fourth-order valence-electron chi connectivity index (χ4n) is 19.2. The van der Waals surface area contributed by atoms with Gasteiger partial charge in [-0.05, 0) is 211 Å². The maximum atomic E-state index is 2.88. The maximum absolute atomic E-state index is 2.88. The lowest BCUT2D eigenvalue weighted by Crippen LogP contribution is -2.62. The quantitative estimate of drug-likeness (QED) is 0.163. The van der Waals surface area contributed by atoms with E-state index in [1.54, 1.807) is 0 Å². The standard InChI is InChI=1S/C84H86BN3S/c1-77(2)38-39-78(3,4)61-43-53(32-34-58(61)77)86-70-49-63-62(79(5,6)40-41-80(63,7)8)47-67(70)85-68-48-64-65(82(11,12)60-28-20-19-27-59(60)81(64,9)10)50-71(68)87(54-31-33-57-56-26-18-21-29-74(56)89-75(57)46-54)73-45-55(44-72(86)76(73)85)88-69-35-30-52(51-24-16-15-17-25-51)42-66(69)83(13)36-22-23-37-84(83,88)14/h15-21,24-35,42-50H,22-23,36-41H2,1-14H3. The van der Waals surface area contributed by atoms with E-state index in [1.807, 2.05) is 11.3 Å². The summed E-state index contributed by atoms with van der Waals surface area (Å²) in [6.07, 6.45) is 9.34. The molecule has 17 rings (SSSR count). The second-order valence-corrected chi connectivity index (χ2v) is 33.6. The molecule has 1 saturated carbocycles. The minimum Gasteiger partial charge on any atom is -0.334 e. The molecule has 0 amide bonds. The molecule has 0 spiro atoms. The predicted molar refractivity (Wildman–Crippen MR) is 383 cm³/mol. The van der Waals surface area contributed by atoms with Gasteiger partial charge < -0.3 is 14.7 Å². The van der Waals surface area contributed by atoms with E-state index in [1.165, 1.54) is 163 Å². The molecule has 2 unspecified atom stereocenters. The molecule has 0 saturated heterocycles. The Morgan fingerprint density at radius 3 is 1.52 bits per heavy atom. The molecule has 0 radical (unpaired) electrons. The summed E-state index contributed by atoms with van der Waals surface area (Å²) in [5.41, 5.74) is 29.6. The van der Waals surface area contributed by atoms with E-state index in [-0.39, 0.29) is 50.2 Å². The summed E-state index contributed by atoms with van der Waals surface area (Å²) in [5.74, 6) is 0. The second-order valence-electron chi connectivity index (χ2n) is 32.5. The average molecular weight is 1180 g/mol. The highest BCUT2D eigenvalue weighted by Gasteiger charge is 2.59. The van der Waals surface area contributed by atoms with Crippen molar-refractivity contribution in [2.24, 2.45) is 0 Å². The normalized spacial score (nSPS) is 22.9. The van der Waals surface area contributed by atoms with Gasteiger partial charge in [-0.1, -0.05) is 206 Å². The van der Waals surface area contributed by atoms with Gasteiger partial charge in [-0.25, -0.2) is 0 Å². The van der Waals surface area contributed by atoms with Crippen LogP contribution in [0.25, 0.3) is 31.3 Å². The van der Waals surface area contributed by atoms with E-state index >= 15 is 0 Å². The van der Waals surface area contributed by atoms with Gasteiger partial charge in [0.25, 0.3) is 6.71 Å². The number of benzene rings is 9. The van der Waals surface area contributed by atoms with Gasteiger partial charge in [-0.2, -0.15) is 0 Å². The third-order valence-electron chi connectivity index (χ3n) is 25.0. The molecule has 3 nitrogen and oxygen atoms in total. The van der Waals surface area contributed by atoms with Crippen molar-refractivity contribution in [1.82, 2.24) is 0 Å². The smallest absolute Gasteiger partial charge is 0.252 e. The van der Waals surface area contributed by atoms with Crippen LogP contribution in [0.15, 0.2) is 170 Å². The van der Waals surface area contributed by atoms with Crippen LogP contribution in [0.4, 0.5) is 45.5 Å². The Labute approximate surface area is 534 Å². The summed E-state index contributed by atoms with van der Waals surface area (Å²) >= 11 is 1.93. The summed E-state index contributed by atoms with van der Waals surface area (Å²) in [4.78, 5) is 8.46. The second kappa shape index (κ2) is 18.2. The first kappa shape index (κ1) is 55.7. The molecule has 2 atom stereocenters. The molecule has 0 N–H and O–H groups in total. The van der Waals surface area contributed by atoms with Crippen LogP contribution in [0.2, 0.25) is 0 Å². The summed E-state index contributed by atoms with van der Waals surface area (Å²) in [5, 5.41) is 2.66. The summed E-state index contributed by atoms with van der Waals surface area (Å²) in [7, 11) is 0. The van der Waals surface area contributed by atoms with Crippen molar-refractivity contribution >= 4 is 100 Å². The van der Waals surface area contributed by atoms with Crippen LogP contribution in [-0.2, 0) is 37.9 Å². The number of fused-ring (bicyclic) bond motifs is 14. The number of hydrogen-bond donors (Lipinski definition) is 0. The van der Waals surface area contributed by atoms with Gasteiger partial charge in [0.2, 0.25) is 0 Å². The van der Waals surface area contributed by atoms with Gasteiger partial charge in [0.1, 0.15) is 0 Å². The zero-order valence-electron chi connectivity index (χ0n) is 55.1. The number of hydrogen-bond acceptors (Lipinski definition) is 4. The van der Waals surface area contributed by atoms with Crippen LogP contribution in [0.1, 0.15) is 198 Å². The molecule has 4 aliphatic carbocycles. The molecule has 446 valence electrons. The Morgan fingerprint density at radius 2 is 0.854 bits per heavy atom. The first-order valence-corrected chi connectivity index (χ1v) is 34.5. The predicted octanol–water partition coefficient (Wildman–Crippen LogP) is 21.2. The lowest BCUT2D eigenvalue weighted by atomic mass is 9.32. The van der Waals surface area contributed by atoms with Crippen molar-refractivity contribution in [1.29, 1.82) is 0 Å². The van der Waals surface area contributed by atoms with Gasteiger partial charge in [0, 0.05) is 81.9 Å².